The molecule has 2 aromatic heterocycles. The summed E-state index contributed by atoms with van der Waals surface area (Å²) in [6.45, 7) is 5.86. The molecule has 0 atom stereocenters. The van der Waals surface area contributed by atoms with Gasteiger partial charge in [0.05, 0.1) is 0 Å². The minimum atomic E-state index is -0.431. The van der Waals surface area contributed by atoms with Crippen LogP contribution in [0, 0.1) is 5.82 Å². The molecule has 0 saturated heterocycles. The van der Waals surface area contributed by atoms with Crippen molar-refractivity contribution in [1.82, 2.24) is 9.97 Å². The average Bonchev–Trinajstić information content (AvgIpc) is 2.82. The molecule has 1 N–H and O–H groups in total. The van der Waals surface area contributed by atoms with E-state index < -0.39 is 5.82 Å². The minimum absolute atomic E-state index is 0.173. The van der Waals surface area contributed by atoms with E-state index in [4.69, 9.17) is 4.42 Å². The lowest BCUT2D eigenvalue weighted by molar-refractivity contribution is 0.539. The van der Waals surface area contributed by atoms with Crippen LogP contribution in [0.3, 0.4) is 0 Å². The molecule has 0 spiro atoms. The van der Waals surface area contributed by atoms with Crippen molar-refractivity contribution >= 4 is 11.0 Å². The highest BCUT2D eigenvalue weighted by Crippen LogP contribution is 2.28. The zero-order valence-electron chi connectivity index (χ0n) is 12.0. The maximum Gasteiger partial charge on any atom is 0.251 e. The van der Waals surface area contributed by atoms with Crippen LogP contribution in [0.2, 0.25) is 0 Å². The number of nitrogens with zero attached hydrogens (tertiary/aromatic N) is 1. The fourth-order valence-electron chi connectivity index (χ4n) is 2.09. The molecule has 108 valence electrons. The van der Waals surface area contributed by atoms with Crippen LogP contribution < -0.4 is 5.56 Å². The van der Waals surface area contributed by atoms with Crippen molar-refractivity contribution in [2.24, 2.45) is 0 Å². The summed E-state index contributed by atoms with van der Waals surface area (Å²) in [6.07, 6.45) is 0. The molecule has 3 aromatic rings. The number of fused-ring (bicyclic) bond motifs is 1. The molecule has 0 aliphatic rings. The molecule has 4 nitrogen and oxygen atoms in total. The van der Waals surface area contributed by atoms with Crippen molar-refractivity contribution in [3.8, 4) is 11.5 Å². The van der Waals surface area contributed by atoms with E-state index in [1.54, 1.807) is 18.2 Å². The number of rotatable bonds is 1. The summed E-state index contributed by atoms with van der Waals surface area (Å²) in [4.78, 5) is 19.0. The van der Waals surface area contributed by atoms with Crippen molar-refractivity contribution in [3.63, 3.8) is 0 Å². The van der Waals surface area contributed by atoms with E-state index in [9.17, 15) is 9.18 Å². The van der Waals surface area contributed by atoms with Gasteiger partial charge in [-0.3, -0.25) is 4.79 Å². The van der Waals surface area contributed by atoms with E-state index in [1.807, 2.05) is 20.8 Å². The quantitative estimate of drug-likeness (QED) is 0.743. The first kappa shape index (κ1) is 13.5. The van der Waals surface area contributed by atoms with Gasteiger partial charge in [-0.15, -0.1) is 0 Å². The lowest BCUT2D eigenvalue weighted by Crippen LogP contribution is -2.21. The number of halogens is 1. The smallest absolute Gasteiger partial charge is 0.251 e. The van der Waals surface area contributed by atoms with E-state index in [0.29, 0.717) is 22.7 Å². The number of hydrogen-bond acceptors (Lipinski definition) is 3. The van der Waals surface area contributed by atoms with Gasteiger partial charge in [-0.2, -0.15) is 0 Å². The Morgan fingerprint density at radius 1 is 1.24 bits per heavy atom. The lowest BCUT2D eigenvalue weighted by Gasteiger charge is -2.17. The Morgan fingerprint density at radius 3 is 2.67 bits per heavy atom. The highest BCUT2D eigenvalue weighted by Gasteiger charge is 2.19. The Balaban J connectivity index is 2.21. The second kappa shape index (κ2) is 4.55. The molecule has 0 saturated carbocycles. The Labute approximate surface area is 120 Å². The summed E-state index contributed by atoms with van der Waals surface area (Å²) >= 11 is 0. The average molecular weight is 286 g/mol. The highest BCUT2D eigenvalue weighted by atomic mass is 19.1. The third kappa shape index (κ3) is 2.46. The van der Waals surface area contributed by atoms with Crippen LogP contribution >= 0.6 is 0 Å². The van der Waals surface area contributed by atoms with Crippen molar-refractivity contribution in [2.45, 2.75) is 26.2 Å². The Morgan fingerprint density at radius 2 is 2.00 bits per heavy atom. The molecular weight excluding hydrogens is 271 g/mol. The van der Waals surface area contributed by atoms with E-state index in [-0.39, 0.29) is 16.6 Å². The van der Waals surface area contributed by atoms with Crippen molar-refractivity contribution < 1.29 is 8.81 Å². The molecule has 5 heteroatoms. The molecule has 0 aliphatic heterocycles. The monoisotopic (exact) mass is 286 g/mol. The third-order valence-electron chi connectivity index (χ3n) is 3.20. The van der Waals surface area contributed by atoms with E-state index in [2.05, 4.69) is 9.97 Å². The van der Waals surface area contributed by atoms with Crippen LogP contribution in [0.1, 0.15) is 26.6 Å². The first-order valence-electron chi connectivity index (χ1n) is 6.65. The Hall–Kier alpha value is -2.43. The molecule has 0 amide bonds. The predicted octanol–water partition coefficient (Wildman–Crippen LogP) is 3.62. The Kier molecular flexibility index (Phi) is 2.93. The summed E-state index contributed by atoms with van der Waals surface area (Å²) in [5, 5.41) is 0.643. The van der Waals surface area contributed by atoms with Crippen LogP contribution in [0.5, 0.6) is 0 Å². The molecule has 0 fully saturated rings. The largest absolute Gasteiger partial charge is 0.451 e. The number of benzene rings is 1. The number of aromatic amines is 1. The topological polar surface area (TPSA) is 58.9 Å². The number of furan rings is 1. The van der Waals surface area contributed by atoms with Gasteiger partial charge < -0.3 is 9.40 Å². The lowest BCUT2D eigenvalue weighted by atomic mass is 9.95. The van der Waals surface area contributed by atoms with Gasteiger partial charge in [0, 0.05) is 16.9 Å². The fraction of sp³-hybridized carbons (Fsp3) is 0.250. The fourth-order valence-corrected chi connectivity index (χ4v) is 2.09. The first-order valence-corrected chi connectivity index (χ1v) is 6.65. The number of H-pyrrole nitrogens is 1. The molecule has 1 aromatic carbocycles. The minimum Gasteiger partial charge on any atom is -0.451 e. The second-order valence-electron chi connectivity index (χ2n) is 6.00. The summed E-state index contributed by atoms with van der Waals surface area (Å²) in [7, 11) is 0. The SMILES string of the molecule is CC(C)(C)c1nc(-c2cc3cccc(F)c3o2)cc(=O)[nH]1. The van der Waals surface area contributed by atoms with Crippen LogP contribution in [0.4, 0.5) is 4.39 Å². The van der Waals surface area contributed by atoms with E-state index in [0.717, 1.165) is 0 Å². The van der Waals surface area contributed by atoms with Crippen molar-refractivity contribution in [3.05, 3.63) is 52.3 Å². The highest BCUT2D eigenvalue weighted by molar-refractivity contribution is 5.82. The van der Waals surface area contributed by atoms with Crippen LogP contribution in [0.15, 0.2) is 39.5 Å². The molecule has 2 heterocycles. The van der Waals surface area contributed by atoms with E-state index in [1.165, 1.54) is 12.1 Å². The molecule has 0 radical (unpaired) electrons. The first-order chi connectivity index (χ1) is 9.84. The predicted molar refractivity (Wildman–Crippen MR) is 78.7 cm³/mol. The second-order valence-corrected chi connectivity index (χ2v) is 6.00. The van der Waals surface area contributed by atoms with Gasteiger partial charge in [0.25, 0.3) is 5.56 Å². The van der Waals surface area contributed by atoms with Gasteiger partial charge in [0.15, 0.2) is 17.2 Å². The van der Waals surface area contributed by atoms with Gasteiger partial charge in [-0.05, 0) is 12.1 Å². The van der Waals surface area contributed by atoms with Crippen molar-refractivity contribution in [2.75, 3.05) is 0 Å². The number of para-hydroxylation sites is 1. The molecular formula is C16H15FN2O2. The summed E-state index contributed by atoms with van der Waals surface area (Å²) in [5.74, 6) is 0.511. The molecule has 0 unspecified atom stereocenters. The third-order valence-corrected chi connectivity index (χ3v) is 3.20. The van der Waals surface area contributed by atoms with Crippen molar-refractivity contribution in [1.29, 1.82) is 0 Å². The summed E-state index contributed by atoms with van der Waals surface area (Å²) < 4.78 is 19.2. The molecule has 0 aliphatic carbocycles. The van der Waals surface area contributed by atoms with Gasteiger partial charge >= 0.3 is 0 Å². The summed E-state index contributed by atoms with van der Waals surface area (Å²) in [5.41, 5.74) is 0.0175. The number of aromatic nitrogens is 2. The van der Waals surface area contributed by atoms with Gasteiger partial charge in [-0.25, -0.2) is 9.37 Å². The maximum atomic E-state index is 13.7. The van der Waals surface area contributed by atoms with Crippen LogP contribution in [-0.2, 0) is 5.41 Å². The molecule has 3 rings (SSSR count). The maximum absolute atomic E-state index is 13.7. The molecule has 0 bridgehead atoms. The Bertz CT molecular complexity index is 872. The number of nitrogens with one attached hydrogen (secondary N) is 1. The van der Waals surface area contributed by atoms with Gasteiger partial charge in [-0.1, -0.05) is 32.9 Å². The summed E-state index contributed by atoms with van der Waals surface area (Å²) in [6, 6.07) is 7.74. The zero-order chi connectivity index (χ0) is 15.2. The van der Waals surface area contributed by atoms with E-state index >= 15 is 0 Å². The number of hydrogen-bond donors (Lipinski definition) is 1. The van der Waals surface area contributed by atoms with Crippen LogP contribution in [-0.4, -0.2) is 9.97 Å². The van der Waals surface area contributed by atoms with Gasteiger partial charge in [0.1, 0.15) is 11.5 Å². The van der Waals surface area contributed by atoms with Crippen LogP contribution in [0.25, 0.3) is 22.4 Å². The van der Waals surface area contributed by atoms with Gasteiger partial charge in [0.2, 0.25) is 0 Å². The normalized spacial score (nSPS) is 12.0. The standard InChI is InChI=1S/C16H15FN2O2/c1-16(2,3)15-18-11(8-13(20)19-15)12-7-9-5-4-6-10(17)14(9)21-12/h4-8H,1-3H3,(H,18,19,20). The molecule has 21 heavy (non-hydrogen) atoms. The zero-order valence-corrected chi connectivity index (χ0v) is 12.0.